The summed E-state index contributed by atoms with van der Waals surface area (Å²) in [5.74, 6) is -0.388. The van der Waals surface area contributed by atoms with Crippen LogP contribution < -0.4 is 10.6 Å². The molecule has 2 N–H and O–H groups in total. The van der Waals surface area contributed by atoms with Gasteiger partial charge in [-0.2, -0.15) is 5.26 Å². The number of hydrogen-bond acceptors (Lipinski definition) is 6. The van der Waals surface area contributed by atoms with Crippen molar-refractivity contribution in [3.63, 3.8) is 0 Å². The van der Waals surface area contributed by atoms with E-state index in [0.29, 0.717) is 16.3 Å². The molecule has 8 heteroatoms. The van der Waals surface area contributed by atoms with E-state index in [2.05, 4.69) is 33.7 Å². The summed E-state index contributed by atoms with van der Waals surface area (Å²) < 4.78 is 0. The number of carbonyl (C=O) groups excluding carboxylic acids is 2. The Labute approximate surface area is 248 Å². The van der Waals surface area contributed by atoms with E-state index < -0.39 is 5.25 Å². The normalized spacial score (nSPS) is 13.8. The number of nitrogens with zero attached hydrogens (tertiary/aromatic N) is 2. The van der Waals surface area contributed by atoms with Gasteiger partial charge < -0.3 is 10.6 Å². The fraction of sp³-hybridized carbons (Fsp3) is 0.182. The molecule has 1 unspecified atom stereocenters. The maximum Gasteiger partial charge on any atom is 0.248 e. The van der Waals surface area contributed by atoms with Crippen molar-refractivity contribution < 1.29 is 9.59 Å². The number of nitrogens with one attached hydrogen (secondary N) is 2. The number of amides is 2. The lowest BCUT2D eigenvalue weighted by molar-refractivity contribution is -0.115. The smallest absolute Gasteiger partial charge is 0.248 e. The first kappa shape index (κ1) is 28.4. The van der Waals surface area contributed by atoms with Gasteiger partial charge in [0.25, 0.3) is 0 Å². The number of thiophene rings is 1. The molecule has 6 nitrogen and oxygen atoms in total. The monoisotopic (exact) mass is 578 g/mol. The highest BCUT2D eigenvalue weighted by Gasteiger charge is 2.26. The van der Waals surface area contributed by atoms with Crippen molar-refractivity contribution in [1.29, 1.82) is 5.26 Å². The summed E-state index contributed by atoms with van der Waals surface area (Å²) in [6.07, 6.45) is 4.05. The van der Waals surface area contributed by atoms with Crippen molar-refractivity contribution in [1.82, 2.24) is 4.90 Å². The van der Waals surface area contributed by atoms with E-state index >= 15 is 0 Å². The van der Waals surface area contributed by atoms with Crippen LogP contribution in [0.15, 0.2) is 95.9 Å². The van der Waals surface area contributed by atoms with E-state index in [4.69, 9.17) is 0 Å². The fourth-order valence-electron chi connectivity index (χ4n) is 4.68. The molecule has 2 heterocycles. The highest BCUT2D eigenvalue weighted by Crippen LogP contribution is 2.37. The van der Waals surface area contributed by atoms with Crippen molar-refractivity contribution in [2.75, 3.05) is 17.2 Å². The standard InChI is InChI=1S/C33H30N4O2S2/c1-23(40-27-14-8-13-26(19-27)35-31(38)16-15-24-9-4-2-5-10-24)32(39)36-33-29(20-34)28-17-18-37(22-30(28)41-33)21-25-11-6-3-7-12-25/h2-16,19,23H,17-18,21-22H2,1H3,(H,35,38)(H,36,39)/b16-15+. The van der Waals surface area contributed by atoms with Gasteiger partial charge in [-0.15, -0.1) is 23.1 Å². The lowest BCUT2D eigenvalue weighted by Crippen LogP contribution is -2.29. The van der Waals surface area contributed by atoms with Crippen LogP contribution in [0.5, 0.6) is 0 Å². The zero-order valence-electron chi connectivity index (χ0n) is 22.7. The van der Waals surface area contributed by atoms with Gasteiger partial charge in [0.2, 0.25) is 11.8 Å². The van der Waals surface area contributed by atoms with E-state index in [0.717, 1.165) is 47.0 Å². The highest BCUT2D eigenvalue weighted by atomic mass is 32.2. The zero-order valence-corrected chi connectivity index (χ0v) is 24.3. The van der Waals surface area contributed by atoms with Gasteiger partial charge >= 0.3 is 0 Å². The second-order valence-electron chi connectivity index (χ2n) is 9.78. The quantitative estimate of drug-likeness (QED) is 0.166. The Kier molecular flexibility index (Phi) is 9.32. The van der Waals surface area contributed by atoms with Gasteiger partial charge in [0.05, 0.1) is 10.8 Å². The van der Waals surface area contributed by atoms with Crippen LogP contribution in [0, 0.1) is 11.3 Å². The van der Waals surface area contributed by atoms with Crippen molar-refractivity contribution in [2.24, 2.45) is 0 Å². The molecular formula is C33H30N4O2S2. The van der Waals surface area contributed by atoms with Crippen LogP contribution in [0.25, 0.3) is 6.08 Å². The van der Waals surface area contributed by atoms with Gasteiger partial charge in [-0.3, -0.25) is 14.5 Å². The van der Waals surface area contributed by atoms with Crippen molar-refractivity contribution in [3.8, 4) is 6.07 Å². The van der Waals surface area contributed by atoms with E-state index in [9.17, 15) is 14.9 Å². The zero-order chi connectivity index (χ0) is 28.6. The second kappa shape index (κ2) is 13.5. The molecule has 1 aliphatic heterocycles. The lowest BCUT2D eigenvalue weighted by Gasteiger charge is -2.26. The number of thioether (sulfide) groups is 1. The number of fused-ring (bicyclic) bond motifs is 1. The minimum absolute atomic E-state index is 0.161. The molecule has 2 amide bonds. The number of nitriles is 1. The van der Waals surface area contributed by atoms with Crippen molar-refractivity contribution in [3.05, 3.63) is 118 Å². The molecule has 3 aromatic carbocycles. The van der Waals surface area contributed by atoms with E-state index in [-0.39, 0.29) is 11.8 Å². The third-order valence-electron chi connectivity index (χ3n) is 6.74. The van der Waals surface area contributed by atoms with E-state index in [1.807, 2.05) is 79.7 Å². The van der Waals surface area contributed by atoms with Gasteiger partial charge in [0.15, 0.2) is 0 Å². The van der Waals surface area contributed by atoms with Gasteiger partial charge in [-0.25, -0.2) is 0 Å². The number of rotatable bonds is 9. The molecule has 0 fully saturated rings. The Bertz CT molecular complexity index is 1590. The van der Waals surface area contributed by atoms with E-state index in [1.165, 1.54) is 34.7 Å². The van der Waals surface area contributed by atoms with Gasteiger partial charge in [0.1, 0.15) is 11.1 Å². The lowest BCUT2D eigenvalue weighted by atomic mass is 10.0. The molecule has 0 saturated carbocycles. The predicted octanol–water partition coefficient (Wildman–Crippen LogP) is 6.95. The summed E-state index contributed by atoms with van der Waals surface area (Å²) in [5, 5.41) is 16.0. The first-order valence-electron chi connectivity index (χ1n) is 13.4. The van der Waals surface area contributed by atoms with Crippen molar-refractivity contribution >= 4 is 51.7 Å². The molecule has 4 aromatic rings. The highest BCUT2D eigenvalue weighted by molar-refractivity contribution is 8.00. The van der Waals surface area contributed by atoms with Crippen LogP contribution >= 0.6 is 23.1 Å². The third kappa shape index (κ3) is 7.53. The predicted molar refractivity (Wildman–Crippen MR) is 168 cm³/mol. The molecule has 0 spiro atoms. The molecule has 1 aliphatic rings. The summed E-state index contributed by atoms with van der Waals surface area (Å²) in [6.45, 7) is 4.35. The molecule has 206 valence electrons. The first-order valence-corrected chi connectivity index (χ1v) is 15.1. The number of anilines is 2. The second-order valence-corrected chi connectivity index (χ2v) is 12.3. The van der Waals surface area contributed by atoms with Gasteiger partial charge in [-0.05, 0) is 54.3 Å². The Morgan fingerprint density at radius 3 is 2.56 bits per heavy atom. The molecule has 0 radical (unpaired) electrons. The SMILES string of the molecule is CC(Sc1cccc(NC(=O)/C=C/c2ccccc2)c1)C(=O)Nc1sc2c(c1C#N)CCN(Cc1ccccc1)C2. The summed E-state index contributed by atoms with van der Waals surface area (Å²) >= 11 is 2.91. The average Bonchev–Trinajstić information content (AvgIpc) is 3.33. The molecule has 1 atom stereocenters. The maximum absolute atomic E-state index is 13.2. The summed E-state index contributed by atoms with van der Waals surface area (Å²) in [4.78, 5) is 29.9. The van der Waals surface area contributed by atoms with Crippen LogP contribution in [0.3, 0.4) is 0 Å². The molecule has 0 bridgehead atoms. The Balaban J connectivity index is 1.19. The minimum Gasteiger partial charge on any atom is -0.322 e. The minimum atomic E-state index is -0.404. The topological polar surface area (TPSA) is 85.2 Å². The van der Waals surface area contributed by atoms with Crippen molar-refractivity contribution in [2.45, 2.75) is 36.6 Å². The largest absolute Gasteiger partial charge is 0.322 e. The van der Waals surface area contributed by atoms with Crippen LogP contribution in [-0.2, 0) is 29.1 Å². The molecule has 0 saturated heterocycles. The molecule has 0 aliphatic carbocycles. The molecule has 5 rings (SSSR count). The average molecular weight is 579 g/mol. The Morgan fingerprint density at radius 2 is 1.80 bits per heavy atom. The third-order valence-corrected chi connectivity index (χ3v) is 8.97. The summed E-state index contributed by atoms with van der Waals surface area (Å²) in [6, 6.07) is 29.8. The van der Waals surface area contributed by atoms with Crippen LogP contribution in [-0.4, -0.2) is 28.5 Å². The van der Waals surface area contributed by atoms with Crippen LogP contribution in [0.4, 0.5) is 10.7 Å². The first-order chi connectivity index (χ1) is 20.0. The number of carbonyl (C=O) groups is 2. The molecular weight excluding hydrogens is 549 g/mol. The Hall–Kier alpha value is -4.16. The van der Waals surface area contributed by atoms with Crippen LogP contribution in [0.1, 0.15) is 34.1 Å². The molecule has 1 aromatic heterocycles. The van der Waals surface area contributed by atoms with E-state index in [1.54, 1.807) is 6.08 Å². The number of benzene rings is 3. The maximum atomic E-state index is 13.2. The van der Waals surface area contributed by atoms with Gasteiger partial charge in [-0.1, -0.05) is 66.7 Å². The summed E-state index contributed by atoms with van der Waals surface area (Å²) in [5.41, 5.74) is 4.51. The molecule has 41 heavy (non-hydrogen) atoms. The Morgan fingerprint density at radius 1 is 1.05 bits per heavy atom. The van der Waals surface area contributed by atoms with Gasteiger partial charge in [0, 0.05) is 41.2 Å². The summed E-state index contributed by atoms with van der Waals surface area (Å²) in [7, 11) is 0. The number of hydrogen-bond donors (Lipinski definition) is 2. The van der Waals surface area contributed by atoms with Crippen LogP contribution in [0.2, 0.25) is 0 Å². The fourth-order valence-corrected chi connectivity index (χ4v) is 6.85.